The third kappa shape index (κ3) is 44.0. The van der Waals surface area contributed by atoms with Crippen molar-refractivity contribution in [3.8, 4) is 0 Å². The van der Waals surface area contributed by atoms with Crippen LogP contribution in [0.4, 0.5) is 0 Å². The van der Waals surface area contributed by atoms with E-state index in [2.05, 4.69) is 44.1 Å². The molecule has 0 aliphatic rings. The van der Waals surface area contributed by atoms with Crippen LogP contribution in [0.15, 0.2) is 12.2 Å². The average Bonchev–Trinajstić information content (AvgIpc) is 3.24. The van der Waals surface area contributed by atoms with Crippen LogP contribution in [0.3, 0.4) is 0 Å². The van der Waals surface area contributed by atoms with Gasteiger partial charge >= 0.3 is 27.6 Å². The van der Waals surface area contributed by atoms with Crippen LogP contribution < -0.4 is 0 Å². The van der Waals surface area contributed by atoms with Crippen LogP contribution in [0.25, 0.3) is 0 Å². The molecular formula is C45H88O15P2. The van der Waals surface area contributed by atoms with Gasteiger partial charge in [0.25, 0.3) is 0 Å². The van der Waals surface area contributed by atoms with Crippen molar-refractivity contribution in [2.45, 2.75) is 225 Å². The number of rotatable bonds is 47. The van der Waals surface area contributed by atoms with E-state index in [1.54, 1.807) is 0 Å². The second kappa shape index (κ2) is 42.4. The van der Waals surface area contributed by atoms with Gasteiger partial charge in [0.15, 0.2) is 0 Å². The third-order valence-corrected chi connectivity index (χ3v) is 12.1. The van der Waals surface area contributed by atoms with Crippen molar-refractivity contribution in [2.24, 2.45) is 0 Å². The van der Waals surface area contributed by atoms with E-state index in [1.807, 2.05) is 0 Å². The van der Waals surface area contributed by atoms with Gasteiger partial charge in [0, 0.05) is 12.8 Å². The number of esters is 2. The molecule has 0 aromatic carbocycles. The van der Waals surface area contributed by atoms with Gasteiger partial charge in [-0.1, -0.05) is 167 Å². The lowest BCUT2D eigenvalue weighted by Crippen LogP contribution is -2.25. The number of phosphoric acid groups is 2. The maximum atomic E-state index is 12.1. The topological polar surface area (TPSA) is 225 Å². The molecule has 0 bridgehead atoms. The van der Waals surface area contributed by atoms with Crippen molar-refractivity contribution < 1.29 is 71.4 Å². The lowest BCUT2D eigenvalue weighted by molar-refractivity contribution is -0.148. The Balaban J connectivity index is 3.85. The quantitative estimate of drug-likeness (QED) is 0.0166. The Morgan fingerprint density at radius 1 is 0.403 bits per heavy atom. The van der Waals surface area contributed by atoms with Crippen LogP contribution in [-0.4, -0.2) is 95.0 Å². The van der Waals surface area contributed by atoms with Gasteiger partial charge in [-0.3, -0.25) is 27.7 Å². The molecule has 0 aromatic rings. The van der Waals surface area contributed by atoms with E-state index in [0.717, 1.165) is 38.5 Å². The number of ether oxygens (including phenoxy) is 2. The summed E-state index contributed by atoms with van der Waals surface area (Å²) in [6, 6.07) is 0. The largest absolute Gasteiger partial charge is 0.472 e. The molecule has 0 aliphatic heterocycles. The second-order valence-corrected chi connectivity index (χ2v) is 19.4. The zero-order valence-corrected chi connectivity index (χ0v) is 40.3. The highest BCUT2D eigenvalue weighted by Crippen LogP contribution is 2.45. The van der Waals surface area contributed by atoms with Crippen LogP contribution in [0.1, 0.15) is 206 Å². The van der Waals surface area contributed by atoms with Crippen LogP contribution in [-0.2, 0) is 46.3 Å². The number of aliphatic hydroxyl groups is 3. The molecule has 0 saturated carbocycles. The smallest absolute Gasteiger partial charge is 0.463 e. The van der Waals surface area contributed by atoms with Crippen molar-refractivity contribution in [1.29, 1.82) is 0 Å². The summed E-state index contributed by atoms with van der Waals surface area (Å²) in [5, 5.41) is 30.0. The van der Waals surface area contributed by atoms with Gasteiger partial charge in [-0.2, -0.15) is 0 Å². The molecule has 0 spiro atoms. The highest BCUT2D eigenvalue weighted by molar-refractivity contribution is 7.47. The van der Waals surface area contributed by atoms with Gasteiger partial charge in [0.2, 0.25) is 0 Å². The Hall–Kier alpha value is -1.22. The van der Waals surface area contributed by atoms with E-state index >= 15 is 0 Å². The predicted octanol–water partition coefficient (Wildman–Crippen LogP) is 10.7. The molecule has 0 aromatic heterocycles. The summed E-state index contributed by atoms with van der Waals surface area (Å²) in [6.45, 7) is 0.429. The molecule has 0 amide bonds. The van der Waals surface area contributed by atoms with Gasteiger partial charge in [-0.25, -0.2) is 9.13 Å². The minimum atomic E-state index is -4.78. The number of phosphoric ester groups is 2. The second-order valence-electron chi connectivity index (χ2n) is 16.5. The zero-order chi connectivity index (χ0) is 46.0. The van der Waals surface area contributed by atoms with Gasteiger partial charge in [0.05, 0.1) is 26.4 Å². The number of carbonyl (C=O) groups excluding carboxylic acids is 2. The van der Waals surface area contributed by atoms with E-state index in [4.69, 9.17) is 9.47 Å². The van der Waals surface area contributed by atoms with Crippen molar-refractivity contribution >= 4 is 27.6 Å². The Morgan fingerprint density at radius 2 is 0.645 bits per heavy atom. The fraction of sp³-hybridized carbons (Fsp3) is 0.911. The summed E-state index contributed by atoms with van der Waals surface area (Å²) < 4.78 is 52.9. The summed E-state index contributed by atoms with van der Waals surface area (Å²) in [6.07, 6.45) is 33.5. The van der Waals surface area contributed by atoms with Gasteiger partial charge in [0.1, 0.15) is 31.5 Å². The Kier molecular flexibility index (Phi) is 41.6. The predicted molar refractivity (Wildman–Crippen MR) is 242 cm³/mol. The molecule has 0 saturated heterocycles. The number of unbranched alkanes of at least 4 members (excludes halogenated alkanes) is 25. The standard InChI is InChI=1S/C45H88O15P2/c1-3-5-7-9-11-13-15-16-17-18-19-20-21-22-24-26-28-30-32-34-45(50)56-36-42(47)38-58-62(53,54)60-40-43(48)39-59-61(51,52)57-37-41(46)35-55-44(49)33-31-29-27-25-23-14-12-10-8-6-4-2/h16-17,41-43,46-48H,3-15,18-40H2,1-2H3,(H,51,52)(H,53,54)/b17-16+. The summed E-state index contributed by atoms with van der Waals surface area (Å²) in [4.78, 5) is 43.7. The fourth-order valence-corrected chi connectivity index (χ4v) is 8.03. The molecule has 5 unspecified atom stereocenters. The van der Waals surface area contributed by atoms with Gasteiger partial charge in [-0.15, -0.1) is 0 Å². The van der Waals surface area contributed by atoms with E-state index in [9.17, 15) is 43.8 Å². The number of hydrogen-bond donors (Lipinski definition) is 5. The lowest BCUT2D eigenvalue weighted by atomic mass is 10.1. The molecule has 0 aliphatic carbocycles. The summed E-state index contributed by atoms with van der Waals surface area (Å²) >= 11 is 0. The van der Waals surface area contributed by atoms with Crippen LogP contribution in [0.2, 0.25) is 0 Å². The fourth-order valence-electron chi connectivity index (χ4n) is 6.44. The minimum Gasteiger partial charge on any atom is -0.463 e. The molecule has 0 rings (SSSR count). The maximum absolute atomic E-state index is 12.1. The monoisotopic (exact) mass is 931 g/mol. The third-order valence-electron chi connectivity index (χ3n) is 10.2. The normalized spacial score (nSPS) is 15.3. The van der Waals surface area contributed by atoms with Crippen LogP contribution >= 0.6 is 15.6 Å². The van der Waals surface area contributed by atoms with Crippen molar-refractivity contribution in [3.05, 3.63) is 12.2 Å². The first kappa shape index (κ1) is 60.8. The van der Waals surface area contributed by atoms with Crippen molar-refractivity contribution in [2.75, 3.05) is 39.6 Å². The highest BCUT2D eigenvalue weighted by Gasteiger charge is 2.28. The maximum Gasteiger partial charge on any atom is 0.472 e. The first-order valence-corrected chi connectivity index (χ1v) is 27.0. The number of hydrogen-bond acceptors (Lipinski definition) is 13. The Labute approximate surface area is 374 Å². The van der Waals surface area contributed by atoms with E-state index < -0.39 is 85.5 Å². The highest BCUT2D eigenvalue weighted by atomic mass is 31.2. The molecule has 0 heterocycles. The first-order valence-electron chi connectivity index (χ1n) is 24.0. The lowest BCUT2D eigenvalue weighted by Gasteiger charge is -2.19. The summed E-state index contributed by atoms with van der Waals surface area (Å²) in [7, 11) is -9.56. The number of carbonyl (C=O) groups is 2. The van der Waals surface area contributed by atoms with Crippen molar-refractivity contribution in [3.63, 3.8) is 0 Å². The molecule has 62 heavy (non-hydrogen) atoms. The average molecular weight is 931 g/mol. The van der Waals surface area contributed by atoms with E-state index in [-0.39, 0.29) is 12.8 Å². The minimum absolute atomic E-state index is 0.197. The van der Waals surface area contributed by atoms with Gasteiger partial charge in [-0.05, 0) is 38.5 Å². The molecule has 5 atom stereocenters. The molecule has 15 nitrogen and oxygen atoms in total. The first-order chi connectivity index (χ1) is 29.8. The molecule has 17 heteroatoms. The summed E-state index contributed by atoms with van der Waals surface area (Å²) in [5.41, 5.74) is 0. The van der Waals surface area contributed by atoms with E-state index in [1.165, 1.54) is 128 Å². The molecular weight excluding hydrogens is 842 g/mol. The molecule has 0 radical (unpaired) electrons. The number of allylic oxidation sites excluding steroid dienone is 2. The summed E-state index contributed by atoms with van der Waals surface area (Å²) in [5.74, 6) is -0.991. The van der Waals surface area contributed by atoms with E-state index in [0.29, 0.717) is 12.8 Å². The Morgan fingerprint density at radius 3 is 0.935 bits per heavy atom. The van der Waals surface area contributed by atoms with Crippen LogP contribution in [0, 0.1) is 0 Å². The van der Waals surface area contributed by atoms with Crippen LogP contribution in [0.5, 0.6) is 0 Å². The Bertz CT molecular complexity index is 1170. The number of aliphatic hydroxyl groups excluding tert-OH is 3. The molecule has 5 N–H and O–H groups in total. The molecule has 368 valence electrons. The SMILES string of the molecule is CCCCCCCC/C=C/CCCCCCCCCCCC(=O)OCC(O)COP(=O)(O)OCC(O)COP(=O)(O)OCC(O)COC(=O)CCCCCCCCCCCCC. The van der Waals surface area contributed by atoms with Gasteiger partial charge < -0.3 is 34.6 Å². The van der Waals surface area contributed by atoms with Crippen molar-refractivity contribution in [1.82, 2.24) is 0 Å². The zero-order valence-electron chi connectivity index (χ0n) is 38.6. The molecule has 0 fully saturated rings.